The molecule has 0 bridgehead atoms. The number of hydrogen-bond donors (Lipinski definition) is 1. The van der Waals surface area contributed by atoms with Gasteiger partial charge in [0, 0.05) is 18.5 Å². The minimum atomic E-state index is -0.941. The van der Waals surface area contributed by atoms with Crippen molar-refractivity contribution in [2.45, 2.75) is 0 Å². The molecule has 1 aromatic heterocycles. The molecule has 0 unspecified atom stereocenters. The van der Waals surface area contributed by atoms with Gasteiger partial charge < -0.3 is 19.1 Å². The molecule has 134 valence electrons. The lowest BCUT2D eigenvalue weighted by atomic mass is 10.1. The van der Waals surface area contributed by atoms with E-state index in [1.54, 1.807) is 0 Å². The zero-order valence-corrected chi connectivity index (χ0v) is 14.5. The van der Waals surface area contributed by atoms with Crippen LogP contribution < -0.4 is 10.3 Å². The first-order valence-electron chi connectivity index (χ1n) is 7.41. The second-order valence-electron chi connectivity index (χ2n) is 5.41. The van der Waals surface area contributed by atoms with Crippen molar-refractivity contribution in [1.29, 1.82) is 0 Å². The van der Waals surface area contributed by atoms with Crippen LogP contribution in [0.2, 0.25) is 5.02 Å². The molecule has 0 aliphatic rings. The number of carbonyl (C=O) groups excluding carboxylic acids is 1. The Hall–Kier alpha value is -3.06. The maximum absolute atomic E-state index is 13.9. The number of carbonyl (C=O) groups is 1. The Morgan fingerprint density at radius 3 is 2.65 bits per heavy atom. The first-order valence-corrected chi connectivity index (χ1v) is 7.78. The number of fused-ring (bicyclic) bond motifs is 1. The number of aromatic hydroxyl groups is 1. The largest absolute Gasteiger partial charge is 0.506 e. The van der Waals surface area contributed by atoms with Crippen LogP contribution in [0, 0.1) is 5.82 Å². The molecule has 0 aliphatic heterocycles. The molecule has 0 saturated carbocycles. The number of para-hydroxylation sites is 1. The first kappa shape index (κ1) is 17.8. The van der Waals surface area contributed by atoms with E-state index in [1.807, 2.05) is 0 Å². The van der Waals surface area contributed by atoms with Crippen LogP contribution in [0.15, 0.2) is 41.2 Å². The monoisotopic (exact) mass is 377 g/mol. The average Bonchev–Trinajstić information content (AvgIpc) is 2.63. The van der Waals surface area contributed by atoms with Crippen molar-refractivity contribution in [3.05, 3.63) is 63.2 Å². The molecular formula is C18H13ClFNO5. The highest BCUT2D eigenvalue weighted by atomic mass is 35.5. The number of methoxy groups -OCH3 is 1. The Labute approximate surface area is 152 Å². The molecule has 8 heteroatoms. The van der Waals surface area contributed by atoms with Crippen LogP contribution in [-0.2, 0) is 11.8 Å². The fraction of sp³-hybridized carbons (Fsp3) is 0.111. The quantitative estimate of drug-likeness (QED) is 0.705. The molecule has 0 radical (unpaired) electrons. The topological polar surface area (TPSA) is 77.8 Å². The molecule has 1 heterocycles. The van der Waals surface area contributed by atoms with Crippen molar-refractivity contribution in [3.63, 3.8) is 0 Å². The molecule has 3 rings (SSSR count). The number of rotatable bonds is 3. The van der Waals surface area contributed by atoms with Gasteiger partial charge in [0.15, 0.2) is 17.1 Å². The van der Waals surface area contributed by atoms with Gasteiger partial charge >= 0.3 is 5.97 Å². The van der Waals surface area contributed by atoms with Gasteiger partial charge in [-0.1, -0.05) is 17.7 Å². The van der Waals surface area contributed by atoms with Crippen LogP contribution in [-0.4, -0.2) is 22.8 Å². The summed E-state index contributed by atoms with van der Waals surface area (Å²) in [4.78, 5) is 24.1. The van der Waals surface area contributed by atoms with Gasteiger partial charge in [0.1, 0.15) is 11.5 Å². The molecule has 0 saturated heterocycles. The summed E-state index contributed by atoms with van der Waals surface area (Å²) in [7, 11) is 2.54. The molecule has 2 aromatic carbocycles. The molecule has 0 aliphatic carbocycles. The fourth-order valence-electron chi connectivity index (χ4n) is 2.55. The molecule has 3 aromatic rings. The van der Waals surface area contributed by atoms with Crippen molar-refractivity contribution in [3.8, 4) is 17.2 Å². The van der Waals surface area contributed by atoms with E-state index in [4.69, 9.17) is 16.3 Å². The highest BCUT2D eigenvalue weighted by Gasteiger charge is 2.22. The van der Waals surface area contributed by atoms with Gasteiger partial charge in [-0.2, -0.15) is 0 Å². The number of pyridine rings is 1. The van der Waals surface area contributed by atoms with Crippen LogP contribution in [0.4, 0.5) is 4.39 Å². The average molecular weight is 378 g/mol. The molecular weight excluding hydrogens is 365 g/mol. The minimum absolute atomic E-state index is 0.0860. The maximum atomic E-state index is 13.9. The summed E-state index contributed by atoms with van der Waals surface area (Å²) < 4.78 is 25.1. The van der Waals surface area contributed by atoms with Crippen LogP contribution in [0.1, 0.15) is 10.4 Å². The number of aryl methyl sites for hydroxylation is 1. The summed E-state index contributed by atoms with van der Waals surface area (Å²) in [6, 6.07) is 8.45. The number of nitrogens with zero attached hydrogens (tertiary/aromatic N) is 1. The minimum Gasteiger partial charge on any atom is -0.506 e. The normalized spacial score (nSPS) is 10.8. The second-order valence-corrected chi connectivity index (χ2v) is 5.82. The Bertz CT molecular complexity index is 1070. The molecule has 6 nitrogen and oxygen atoms in total. The number of esters is 1. The van der Waals surface area contributed by atoms with Crippen molar-refractivity contribution < 1.29 is 23.8 Å². The number of ether oxygens (including phenoxy) is 2. The van der Waals surface area contributed by atoms with Crippen molar-refractivity contribution in [2.75, 3.05) is 7.11 Å². The predicted molar refractivity (Wildman–Crippen MR) is 93.7 cm³/mol. The van der Waals surface area contributed by atoms with Gasteiger partial charge in [0.2, 0.25) is 0 Å². The van der Waals surface area contributed by atoms with E-state index in [9.17, 15) is 19.1 Å². The van der Waals surface area contributed by atoms with E-state index in [0.29, 0.717) is 0 Å². The highest BCUT2D eigenvalue weighted by Crippen LogP contribution is 2.34. The lowest BCUT2D eigenvalue weighted by Gasteiger charge is -2.13. The van der Waals surface area contributed by atoms with Gasteiger partial charge in [-0.3, -0.25) is 4.79 Å². The third-order valence-electron chi connectivity index (χ3n) is 3.87. The molecule has 0 fully saturated rings. The summed E-state index contributed by atoms with van der Waals surface area (Å²) >= 11 is 5.94. The van der Waals surface area contributed by atoms with E-state index in [0.717, 1.165) is 11.7 Å². The standard InChI is InChI=1S/C18H13ClFNO5/c1-21-13-8-9(26-16-11(19)4-3-5-12(16)20)6-7-10(13)15(22)14(17(21)23)18(24)25-2/h3-8,22H,1-2H3. The summed E-state index contributed by atoms with van der Waals surface area (Å²) in [5.74, 6) is -2.04. The van der Waals surface area contributed by atoms with Crippen LogP contribution in [0.5, 0.6) is 17.2 Å². The maximum Gasteiger partial charge on any atom is 0.347 e. The Morgan fingerprint density at radius 2 is 2.00 bits per heavy atom. The van der Waals surface area contributed by atoms with Crippen LogP contribution >= 0.6 is 11.6 Å². The van der Waals surface area contributed by atoms with E-state index in [-0.39, 0.29) is 27.4 Å². The SMILES string of the molecule is COC(=O)c1c(O)c2ccc(Oc3c(F)cccc3Cl)cc2n(C)c1=O. The Morgan fingerprint density at radius 1 is 1.27 bits per heavy atom. The third kappa shape index (κ3) is 2.86. The van der Waals surface area contributed by atoms with Gasteiger partial charge in [-0.25, -0.2) is 9.18 Å². The van der Waals surface area contributed by atoms with Gasteiger partial charge in [0.25, 0.3) is 5.56 Å². The number of hydrogen-bond acceptors (Lipinski definition) is 5. The lowest BCUT2D eigenvalue weighted by Crippen LogP contribution is -2.25. The second kappa shape index (κ2) is 6.68. The van der Waals surface area contributed by atoms with Crippen molar-refractivity contribution in [1.82, 2.24) is 4.57 Å². The van der Waals surface area contributed by atoms with E-state index in [1.165, 1.54) is 43.4 Å². The Kier molecular flexibility index (Phi) is 4.56. The van der Waals surface area contributed by atoms with Crippen molar-refractivity contribution >= 4 is 28.5 Å². The molecule has 1 N–H and O–H groups in total. The molecule has 26 heavy (non-hydrogen) atoms. The van der Waals surface area contributed by atoms with Gasteiger partial charge in [0.05, 0.1) is 17.6 Å². The number of halogens is 2. The van der Waals surface area contributed by atoms with Crippen LogP contribution in [0.25, 0.3) is 10.9 Å². The van der Waals surface area contributed by atoms with Crippen molar-refractivity contribution in [2.24, 2.45) is 7.05 Å². The van der Waals surface area contributed by atoms with Gasteiger partial charge in [-0.05, 0) is 24.3 Å². The summed E-state index contributed by atoms with van der Waals surface area (Å²) in [5.41, 5.74) is -0.915. The first-order chi connectivity index (χ1) is 12.3. The van der Waals surface area contributed by atoms with Crippen LogP contribution in [0.3, 0.4) is 0 Å². The molecule has 0 spiro atoms. The third-order valence-corrected chi connectivity index (χ3v) is 4.17. The van der Waals surface area contributed by atoms with E-state index < -0.39 is 28.7 Å². The highest BCUT2D eigenvalue weighted by molar-refractivity contribution is 6.32. The smallest absolute Gasteiger partial charge is 0.347 e. The summed E-state index contributed by atoms with van der Waals surface area (Å²) in [6.07, 6.45) is 0. The Balaban J connectivity index is 2.17. The summed E-state index contributed by atoms with van der Waals surface area (Å²) in [5, 5.41) is 10.6. The van der Waals surface area contributed by atoms with E-state index >= 15 is 0 Å². The predicted octanol–water partition coefficient (Wildman–Crippen LogP) is 3.62. The fourth-order valence-corrected chi connectivity index (χ4v) is 2.75. The van der Waals surface area contributed by atoms with E-state index in [2.05, 4.69) is 4.74 Å². The number of aromatic nitrogens is 1. The summed E-state index contributed by atoms with van der Waals surface area (Å²) in [6.45, 7) is 0. The lowest BCUT2D eigenvalue weighted by molar-refractivity contribution is 0.0595. The molecule has 0 atom stereocenters. The molecule has 0 amide bonds. The number of benzene rings is 2. The zero-order chi connectivity index (χ0) is 19.0. The van der Waals surface area contributed by atoms with Gasteiger partial charge in [-0.15, -0.1) is 0 Å². The zero-order valence-electron chi connectivity index (χ0n) is 13.7.